The fraction of sp³-hybridized carbons (Fsp3) is 0.0667. The van der Waals surface area contributed by atoms with Gasteiger partial charge in [-0.25, -0.2) is 9.24 Å². The van der Waals surface area contributed by atoms with Crippen molar-refractivity contribution in [1.29, 1.82) is 0 Å². The Morgan fingerprint density at radius 1 is 1.17 bits per heavy atom. The molecule has 0 bridgehead atoms. The van der Waals surface area contributed by atoms with Crippen LogP contribution in [-0.4, -0.2) is 5.91 Å². The van der Waals surface area contributed by atoms with Crippen LogP contribution >= 0.6 is 0 Å². The second kappa shape index (κ2) is 5.61. The van der Waals surface area contributed by atoms with Crippen molar-refractivity contribution in [3.63, 3.8) is 0 Å². The Kier molecular flexibility index (Phi) is 3.97. The molecule has 8 heteroatoms. The lowest BCUT2D eigenvalue weighted by Crippen LogP contribution is -2.14. The van der Waals surface area contributed by atoms with Crippen LogP contribution in [-0.2, 0) is 6.18 Å². The van der Waals surface area contributed by atoms with E-state index in [2.05, 4.69) is 4.85 Å². The first-order chi connectivity index (χ1) is 10.6. The number of nitrogens with zero attached hydrogens (tertiary/aromatic N) is 1. The molecule has 0 saturated carbocycles. The Morgan fingerprint density at radius 2 is 1.83 bits per heavy atom. The molecule has 4 nitrogen and oxygen atoms in total. The van der Waals surface area contributed by atoms with Gasteiger partial charge in [0.05, 0.1) is 17.8 Å². The van der Waals surface area contributed by atoms with E-state index in [0.717, 1.165) is 18.2 Å². The lowest BCUT2D eigenvalue weighted by molar-refractivity contribution is -0.136. The second-order valence-corrected chi connectivity index (χ2v) is 4.63. The van der Waals surface area contributed by atoms with Gasteiger partial charge in [0.2, 0.25) is 5.91 Å². The van der Waals surface area contributed by atoms with Gasteiger partial charge >= 0.3 is 6.18 Å². The van der Waals surface area contributed by atoms with Crippen LogP contribution < -0.4 is 11.5 Å². The van der Waals surface area contributed by atoms with Crippen LogP contribution in [0.4, 0.5) is 28.9 Å². The fourth-order valence-electron chi connectivity index (χ4n) is 2.06. The molecule has 0 aliphatic heterocycles. The molecule has 0 atom stereocenters. The zero-order chi connectivity index (χ0) is 17.4. The third kappa shape index (κ3) is 3.08. The highest BCUT2D eigenvalue weighted by Gasteiger charge is 2.34. The number of hydrogen-bond donors (Lipinski definition) is 2. The van der Waals surface area contributed by atoms with Crippen LogP contribution in [0.25, 0.3) is 16.0 Å². The number of carbonyl (C=O) groups is 1. The Morgan fingerprint density at radius 3 is 2.35 bits per heavy atom. The van der Waals surface area contributed by atoms with Crippen LogP contribution in [0.1, 0.15) is 15.9 Å². The summed E-state index contributed by atoms with van der Waals surface area (Å²) < 4.78 is 52.5. The summed E-state index contributed by atoms with van der Waals surface area (Å²) in [5.74, 6) is -1.92. The summed E-state index contributed by atoms with van der Waals surface area (Å²) in [4.78, 5) is 14.2. The van der Waals surface area contributed by atoms with Gasteiger partial charge in [-0.1, -0.05) is 18.2 Å². The molecule has 2 aromatic carbocycles. The molecule has 0 heterocycles. The largest absolute Gasteiger partial charge is 0.407 e. The first-order valence-electron chi connectivity index (χ1n) is 6.13. The second-order valence-electron chi connectivity index (χ2n) is 4.63. The number of alkyl halides is 3. The van der Waals surface area contributed by atoms with E-state index in [4.69, 9.17) is 18.0 Å². The van der Waals surface area contributed by atoms with Gasteiger partial charge in [-0.2, -0.15) is 13.2 Å². The van der Waals surface area contributed by atoms with Gasteiger partial charge < -0.3 is 11.5 Å². The van der Waals surface area contributed by atoms with Crippen molar-refractivity contribution < 1.29 is 22.4 Å². The van der Waals surface area contributed by atoms with E-state index in [9.17, 15) is 22.4 Å². The standard InChI is InChI=1S/C15H9F4N3O/c1-22-13-3-2-7(4-10(13)15(17,18)19)8-6-12(20)11(16)5-9(8)14(21)23/h2-6H,20H2,(H2,21,23). The highest BCUT2D eigenvalue weighted by atomic mass is 19.4. The predicted octanol–water partition coefficient (Wildman–Crippen LogP) is 3.74. The topological polar surface area (TPSA) is 73.5 Å². The molecule has 0 fully saturated rings. The average Bonchev–Trinajstić information content (AvgIpc) is 2.47. The molecule has 1 amide bonds. The number of amides is 1. The number of primary amides is 1. The molecule has 0 aliphatic carbocycles. The molecule has 0 saturated heterocycles. The molecule has 4 N–H and O–H groups in total. The summed E-state index contributed by atoms with van der Waals surface area (Å²) in [6.45, 7) is 6.79. The van der Waals surface area contributed by atoms with E-state index >= 15 is 0 Å². The van der Waals surface area contributed by atoms with E-state index in [-0.39, 0.29) is 22.4 Å². The molecule has 118 valence electrons. The number of anilines is 1. The van der Waals surface area contributed by atoms with E-state index in [0.29, 0.717) is 6.07 Å². The number of rotatable bonds is 2. The lowest BCUT2D eigenvalue weighted by Gasteiger charge is -2.13. The van der Waals surface area contributed by atoms with Crippen molar-refractivity contribution in [2.45, 2.75) is 6.18 Å². The SMILES string of the molecule is [C-]#[N+]c1ccc(-c2cc(N)c(F)cc2C(N)=O)cc1C(F)(F)F. The van der Waals surface area contributed by atoms with Crippen LogP contribution in [0.2, 0.25) is 0 Å². The number of nitrogen functional groups attached to an aromatic ring is 1. The third-order valence-corrected chi connectivity index (χ3v) is 3.14. The van der Waals surface area contributed by atoms with Gasteiger partial charge in [-0.05, 0) is 23.3 Å². The van der Waals surface area contributed by atoms with Crippen molar-refractivity contribution in [2.75, 3.05) is 5.73 Å². The molecule has 2 aromatic rings. The predicted molar refractivity (Wildman–Crippen MR) is 76.0 cm³/mol. The van der Waals surface area contributed by atoms with Gasteiger partial charge in [0, 0.05) is 5.56 Å². The first kappa shape index (κ1) is 16.3. The molecule has 2 rings (SSSR count). The smallest absolute Gasteiger partial charge is 0.396 e. The lowest BCUT2D eigenvalue weighted by atomic mass is 9.96. The van der Waals surface area contributed by atoms with Gasteiger partial charge in [0.1, 0.15) is 5.82 Å². The minimum Gasteiger partial charge on any atom is -0.396 e. The van der Waals surface area contributed by atoms with Crippen molar-refractivity contribution >= 4 is 17.3 Å². The number of halogens is 4. The first-order valence-corrected chi connectivity index (χ1v) is 6.13. The Labute approximate surface area is 128 Å². The minimum absolute atomic E-state index is 0.0431. The fourth-order valence-corrected chi connectivity index (χ4v) is 2.06. The molecular weight excluding hydrogens is 314 g/mol. The number of nitrogens with two attached hydrogens (primary N) is 2. The Hall–Kier alpha value is -3.08. The summed E-state index contributed by atoms with van der Waals surface area (Å²) in [7, 11) is 0. The average molecular weight is 323 g/mol. The summed E-state index contributed by atoms with van der Waals surface area (Å²) >= 11 is 0. The van der Waals surface area contributed by atoms with Crippen LogP contribution in [0.5, 0.6) is 0 Å². The van der Waals surface area contributed by atoms with Crippen molar-refractivity contribution in [3.8, 4) is 11.1 Å². The van der Waals surface area contributed by atoms with E-state index in [1.54, 1.807) is 0 Å². The highest BCUT2D eigenvalue weighted by molar-refractivity contribution is 6.00. The number of hydrogen-bond acceptors (Lipinski definition) is 2. The molecule has 0 unspecified atom stereocenters. The van der Waals surface area contributed by atoms with E-state index < -0.39 is 29.2 Å². The molecule has 0 spiro atoms. The molecule has 23 heavy (non-hydrogen) atoms. The van der Waals surface area contributed by atoms with E-state index in [1.165, 1.54) is 6.07 Å². The Bertz CT molecular complexity index is 838. The Balaban J connectivity index is 2.76. The molecule has 0 radical (unpaired) electrons. The normalized spacial score (nSPS) is 11.1. The zero-order valence-electron chi connectivity index (χ0n) is 11.4. The maximum absolute atomic E-state index is 13.5. The molecule has 0 aliphatic rings. The van der Waals surface area contributed by atoms with Crippen molar-refractivity contribution in [3.05, 3.63) is 58.7 Å². The van der Waals surface area contributed by atoms with Gasteiger partial charge in [-0.15, -0.1) is 0 Å². The van der Waals surface area contributed by atoms with Crippen LogP contribution in [0.3, 0.4) is 0 Å². The van der Waals surface area contributed by atoms with Crippen molar-refractivity contribution in [1.82, 2.24) is 0 Å². The highest BCUT2D eigenvalue weighted by Crippen LogP contribution is 2.39. The maximum atomic E-state index is 13.5. The molecular formula is C15H9F4N3O. The zero-order valence-corrected chi connectivity index (χ0v) is 11.4. The van der Waals surface area contributed by atoms with E-state index in [1.807, 2.05) is 0 Å². The number of benzene rings is 2. The summed E-state index contributed by atoms with van der Waals surface area (Å²) in [6.07, 6.45) is -4.76. The van der Waals surface area contributed by atoms with Gasteiger partial charge in [-0.3, -0.25) is 4.79 Å². The number of carbonyl (C=O) groups excluding carboxylic acids is 1. The molecule has 0 aromatic heterocycles. The summed E-state index contributed by atoms with van der Waals surface area (Å²) in [5, 5.41) is 0. The maximum Gasteiger partial charge on any atom is 0.407 e. The summed E-state index contributed by atoms with van der Waals surface area (Å²) in [5.41, 5.74) is 8.05. The quantitative estimate of drug-likeness (QED) is 0.502. The summed E-state index contributed by atoms with van der Waals surface area (Å²) in [6, 6.07) is 4.68. The van der Waals surface area contributed by atoms with Gasteiger partial charge in [0.15, 0.2) is 5.69 Å². The van der Waals surface area contributed by atoms with Gasteiger partial charge in [0.25, 0.3) is 0 Å². The van der Waals surface area contributed by atoms with Crippen LogP contribution in [0.15, 0.2) is 30.3 Å². The monoisotopic (exact) mass is 323 g/mol. The van der Waals surface area contributed by atoms with Crippen molar-refractivity contribution in [2.24, 2.45) is 5.73 Å². The van der Waals surface area contributed by atoms with Crippen LogP contribution in [0, 0.1) is 12.4 Å². The third-order valence-electron chi connectivity index (χ3n) is 3.14. The minimum atomic E-state index is -4.76.